The first kappa shape index (κ1) is 59.1. The van der Waals surface area contributed by atoms with Gasteiger partial charge in [0, 0.05) is 62.6 Å². The van der Waals surface area contributed by atoms with Gasteiger partial charge in [-0.05, 0) is 214 Å². The zero-order chi connectivity index (χ0) is 63.8. The zero-order valence-electron chi connectivity index (χ0n) is 53.0. The second kappa shape index (κ2) is 26.9. The lowest BCUT2D eigenvalue weighted by Crippen LogP contribution is -2.42. The Morgan fingerprint density at radius 3 is 0.579 bits per heavy atom. The summed E-state index contributed by atoms with van der Waals surface area (Å²) in [6, 6.07) is 133. The van der Waals surface area contributed by atoms with E-state index in [4.69, 9.17) is 0 Å². The summed E-state index contributed by atoms with van der Waals surface area (Å²) in [5.41, 5.74) is 26.1. The van der Waals surface area contributed by atoms with Gasteiger partial charge in [0.1, 0.15) is 0 Å². The van der Waals surface area contributed by atoms with E-state index in [2.05, 4.69) is 421 Å². The second-order valence-corrected chi connectivity index (χ2v) is 24.4. The third kappa shape index (κ3) is 12.8. The van der Waals surface area contributed by atoms with Crippen molar-refractivity contribution in [3.8, 4) is 66.8 Å². The Morgan fingerprint density at radius 1 is 0.189 bits per heavy atom. The lowest BCUT2D eigenvalue weighted by atomic mass is 9.89. The summed E-state index contributed by atoms with van der Waals surface area (Å²) < 4.78 is 0. The summed E-state index contributed by atoms with van der Waals surface area (Å²) in [5.74, 6) is 0. The van der Waals surface area contributed by atoms with E-state index in [9.17, 15) is 0 Å². The van der Waals surface area contributed by atoms with Crippen LogP contribution in [0.3, 0.4) is 0 Å². The van der Waals surface area contributed by atoms with Gasteiger partial charge in [-0.25, -0.2) is 0 Å². The van der Waals surface area contributed by atoms with Crippen molar-refractivity contribution in [2.75, 3.05) is 19.6 Å². The standard InChI is InChI=1S/C91H70N4/c1-91(66-18-7-19-67-91)95(89-62-46-73(47-63-89)69-22-10-3-11-23-69)90-64-48-79(49-65-90)78-44-60-88(61-45-78)94(82-28-16-6-17-29-82)85-54-38-75(39-55-85)71-32-30-70(31-33-71)74-36-52-84(53-37-74)93(81-26-14-5-15-27-81)87-58-42-77(43-59-87)76-40-56-86(57-41-76)92(80-24-12-4-13-25-80)83-50-34-72(35-51-83)68-20-8-2-9-21-68/h2-66H,67H2,1H3/t91-/m1/s1. The molecule has 0 saturated carbocycles. The molecule has 1 aliphatic carbocycles. The molecule has 454 valence electrons. The van der Waals surface area contributed by atoms with E-state index < -0.39 is 0 Å². The number of anilines is 11. The highest BCUT2D eigenvalue weighted by molar-refractivity contribution is 5.85. The molecule has 95 heavy (non-hydrogen) atoms. The molecule has 0 aromatic heterocycles. The molecule has 0 bridgehead atoms. The van der Waals surface area contributed by atoms with Gasteiger partial charge in [0.2, 0.25) is 0 Å². The zero-order valence-corrected chi connectivity index (χ0v) is 53.0. The van der Waals surface area contributed by atoms with Crippen LogP contribution in [0.5, 0.6) is 0 Å². The lowest BCUT2D eigenvalue weighted by Gasteiger charge is -2.42. The van der Waals surface area contributed by atoms with Crippen molar-refractivity contribution in [1.29, 1.82) is 0 Å². The fraction of sp³-hybridized carbons (Fsp3) is 0.0330. The molecule has 0 radical (unpaired) electrons. The molecule has 0 unspecified atom stereocenters. The van der Waals surface area contributed by atoms with Crippen LogP contribution in [0.2, 0.25) is 0 Å². The third-order valence-electron chi connectivity index (χ3n) is 18.2. The number of benzene rings is 14. The number of hydrogen-bond acceptors (Lipinski definition) is 4. The highest BCUT2D eigenvalue weighted by Crippen LogP contribution is 2.43. The minimum absolute atomic E-state index is 0.222. The fourth-order valence-electron chi connectivity index (χ4n) is 13.2. The van der Waals surface area contributed by atoms with Crippen molar-refractivity contribution in [1.82, 2.24) is 0 Å². The fourth-order valence-corrected chi connectivity index (χ4v) is 13.2. The second-order valence-electron chi connectivity index (χ2n) is 24.4. The van der Waals surface area contributed by atoms with Gasteiger partial charge in [0.15, 0.2) is 0 Å². The van der Waals surface area contributed by atoms with E-state index >= 15 is 0 Å². The number of para-hydroxylation sites is 3. The van der Waals surface area contributed by atoms with Gasteiger partial charge >= 0.3 is 0 Å². The van der Waals surface area contributed by atoms with Crippen molar-refractivity contribution in [2.45, 2.75) is 18.9 Å². The van der Waals surface area contributed by atoms with Gasteiger partial charge in [-0.15, -0.1) is 0 Å². The summed E-state index contributed by atoms with van der Waals surface area (Å²) in [6.45, 7) is 2.32. The quantitative estimate of drug-likeness (QED) is 0.0849. The molecule has 4 heteroatoms. The molecule has 0 aliphatic heterocycles. The Kier molecular flexibility index (Phi) is 16.7. The average molecular weight is 1220 g/mol. The van der Waals surface area contributed by atoms with E-state index in [0.717, 1.165) is 108 Å². The summed E-state index contributed by atoms with van der Waals surface area (Å²) in [4.78, 5) is 9.45. The molecule has 1 aliphatic rings. The first-order valence-corrected chi connectivity index (χ1v) is 32.7. The summed E-state index contributed by atoms with van der Waals surface area (Å²) in [6.07, 6.45) is 9.82. The Morgan fingerprint density at radius 2 is 0.368 bits per heavy atom. The van der Waals surface area contributed by atoms with Crippen LogP contribution < -0.4 is 19.6 Å². The van der Waals surface area contributed by atoms with Crippen LogP contribution in [0.25, 0.3) is 66.8 Å². The van der Waals surface area contributed by atoms with Crippen molar-refractivity contribution >= 4 is 62.6 Å². The highest BCUT2D eigenvalue weighted by Gasteiger charge is 2.31. The molecule has 0 spiro atoms. The van der Waals surface area contributed by atoms with Crippen LogP contribution in [-0.2, 0) is 0 Å². The Balaban J connectivity index is 0.629. The normalized spacial score (nSPS) is 13.2. The van der Waals surface area contributed by atoms with Crippen LogP contribution >= 0.6 is 0 Å². The first-order chi connectivity index (χ1) is 46.9. The van der Waals surface area contributed by atoms with E-state index in [1.165, 1.54) is 27.8 Å². The predicted molar refractivity (Wildman–Crippen MR) is 403 cm³/mol. The number of rotatable bonds is 18. The van der Waals surface area contributed by atoms with Crippen LogP contribution in [0.15, 0.2) is 394 Å². The Hall–Kier alpha value is -12.2. The summed E-state index contributed by atoms with van der Waals surface area (Å²) in [5, 5.41) is 0. The topological polar surface area (TPSA) is 13.0 Å². The minimum Gasteiger partial charge on any atom is -0.332 e. The van der Waals surface area contributed by atoms with Crippen LogP contribution in [-0.4, -0.2) is 5.54 Å². The van der Waals surface area contributed by atoms with Crippen molar-refractivity contribution in [3.63, 3.8) is 0 Å². The third-order valence-corrected chi connectivity index (χ3v) is 18.2. The minimum atomic E-state index is -0.222. The molecule has 4 nitrogen and oxygen atoms in total. The number of hydrogen-bond donors (Lipinski definition) is 0. The molecule has 14 aromatic rings. The van der Waals surface area contributed by atoms with Crippen molar-refractivity contribution in [2.24, 2.45) is 0 Å². The van der Waals surface area contributed by atoms with Gasteiger partial charge in [0.05, 0.1) is 5.54 Å². The summed E-state index contributed by atoms with van der Waals surface area (Å²) >= 11 is 0. The molecule has 15 rings (SSSR count). The Labute approximate surface area is 558 Å². The van der Waals surface area contributed by atoms with Gasteiger partial charge < -0.3 is 19.6 Å². The van der Waals surface area contributed by atoms with Gasteiger partial charge in [-0.2, -0.15) is 0 Å². The maximum Gasteiger partial charge on any atom is 0.0642 e. The van der Waals surface area contributed by atoms with E-state index in [1.54, 1.807) is 0 Å². The van der Waals surface area contributed by atoms with Crippen LogP contribution in [0.4, 0.5) is 62.6 Å². The molecule has 14 aromatic carbocycles. The molecule has 0 N–H and O–H groups in total. The van der Waals surface area contributed by atoms with E-state index in [1.807, 2.05) is 0 Å². The molecular formula is C91H70N4. The highest BCUT2D eigenvalue weighted by atomic mass is 15.2. The molecule has 1 atom stereocenters. The van der Waals surface area contributed by atoms with Crippen molar-refractivity contribution in [3.05, 3.63) is 394 Å². The largest absolute Gasteiger partial charge is 0.332 e. The molecule has 0 heterocycles. The van der Waals surface area contributed by atoms with Crippen LogP contribution in [0, 0.1) is 0 Å². The maximum atomic E-state index is 2.47. The summed E-state index contributed by atoms with van der Waals surface area (Å²) in [7, 11) is 0. The molecule has 0 fully saturated rings. The van der Waals surface area contributed by atoms with Gasteiger partial charge in [-0.1, -0.05) is 261 Å². The van der Waals surface area contributed by atoms with Crippen molar-refractivity contribution < 1.29 is 0 Å². The monoisotopic (exact) mass is 1220 g/mol. The molecular weight excluding hydrogens is 1150 g/mol. The average Bonchev–Trinajstić information content (AvgIpc) is 0.822. The Bertz CT molecular complexity index is 4870. The smallest absolute Gasteiger partial charge is 0.0642 e. The predicted octanol–water partition coefficient (Wildman–Crippen LogP) is 25.5. The first-order valence-electron chi connectivity index (χ1n) is 32.7. The van der Waals surface area contributed by atoms with Gasteiger partial charge in [-0.3, -0.25) is 0 Å². The van der Waals surface area contributed by atoms with E-state index in [-0.39, 0.29) is 5.54 Å². The molecule has 0 amide bonds. The van der Waals surface area contributed by atoms with Crippen LogP contribution in [0.1, 0.15) is 13.3 Å². The number of nitrogens with zero attached hydrogens (tertiary/aromatic N) is 4. The maximum absolute atomic E-state index is 2.47. The number of allylic oxidation sites excluding steroid dienone is 2. The van der Waals surface area contributed by atoms with E-state index in [0.29, 0.717) is 0 Å². The molecule has 0 saturated heterocycles. The van der Waals surface area contributed by atoms with Gasteiger partial charge in [0.25, 0.3) is 0 Å². The lowest BCUT2D eigenvalue weighted by molar-refractivity contribution is 0.570. The SMILES string of the molecule is C[C@@]1(N(c2ccc(-c3ccccc3)cc2)c2ccc(-c3ccc(N(c4ccccc4)c4ccc(-c5ccc(-c6ccc(N(c7ccccc7)c7ccc(-c8ccc(N(c9ccccc9)c9ccc(-c%10ccccc%10)cc9)cc8)cc7)cc6)cc5)cc4)cc3)cc2)C=CC=CC1.